The van der Waals surface area contributed by atoms with Crippen LogP contribution in [-0.4, -0.2) is 49.1 Å². The quantitative estimate of drug-likeness (QED) is 0.906. The molecule has 1 aliphatic heterocycles. The van der Waals surface area contributed by atoms with E-state index >= 15 is 0 Å². The Morgan fingerprint density at radius 2 is 1.77 bits per heavy atom. The van der Waals surface area contributed by atoms with E-state index in [4.69, 9.17) is 4.74 Å². The number of carbonyl (C=O) groups excluding carboxylic acids is 1. The predicted octanol–water partition coefficient (Wildman–Crippen LogP) is 3.91. The molecule has 138 valence electrons. The maximum Gasteiger partial charge on any atom is 0.321 e. The fourth-order valence-electron chi connectivity index (χ4n) is 3.35. The van der Waals surface area contributed by atoms with Gasteiger partial charge in [0.2, 0.25) is 0 Å². The van der Waals surface area contributed by atoms with Crippen molar-refractivity contribution in [3.8, 4) is 5.75 Å². The van der Waals surface area contributed by atoms with Crippen molar-refractivity contribution < 1.29 is 9.53 Å². The number of urea groups is 1. The van der Waals surface area contributed by atoms with Crippen LogP contribution in [0, 0.1) is 6.92 Å². The van der Waals surface area contributed by atoms with E-state index in [-0.39, 0.29) is 6.03 Å². The fourth-order valence-corrected chi connectivity index (χ4v) is 3.35. The molecule has 5 nitrogen and oxygen atoms in total. The minimum Gasteiger partial charge on any atom is -0.497 e. The van der Waals surface area contributed by atoms with Crippen LogP contribution >= 0.6 is 0 Å². The summed E-state index contributed by atoms with van der Waals surface area (Å²) in [5.41, 5.74) is 3.14. The van der Waals surface area contributed by atoms with Gasteiger partial charge in [-0.3, -0.25) is 4.90 Å². The molecule has 1 fully saturated rings. The summed E-state index contributed by atoms with van der Waals surface area (Å²) in [5.74, 6) is 0.795. The summed E-state index contributed by atoms with van der Waals surface area (Å²) in [4.78, 5) is 16.9. The average molecular weight is 353 g/mol. The molecule has 1 atom stereocenters. The lowest BCUT2D eigenvalue weighted by atomic mass is 10.1. The van der Waals surface area contributed by atoms with Crippen molar-refractivity contribution in [3.63, 3.8) is 0 Å². The Morgan fingerprint density at radius 1 is 1.08 bits per heavy atom. The van der Waals surface area contributed by atoms with E-state index < -0.39 is 0 Å². The second-order valence-electron chi connectivity index (χ2n) is 6.72. The van der Waals surface area contributed by atoms with Gasteiger partial charge in [-0.15, -0.1) is 0 Å². The summed E-state index contributed by atoms with van der Waals surface area (Å²) in [6, 6.07) is 16.5. The molecule has 0 bridgehead atoms. The fraction of sp³-hybridized carbons (Fsp3) is 0.381. The highest BCUT2D eigenvalue weighted by Gasteiger charge is 2.24. The van der Waals surface area contributed by atoms with Crippen molar-refractivity contribution in [2.24, 2.45) is 0 Å². The van der Waals surface area contributed by atoms with E-state index in [1.54, 1.807) is 7.11 Å². The van der Waals surface area contributed by atoms with Crippen molar-refractivity contribution in [1.82, 2.24) is 9.80 Å². The molecule has 3 rings (SSSR count). The number of anilines is 1. The van der Waals surface area contributed by atoms with E-state index in [2.05, 4.69) is 41.4 Å². The third-order valence-electron chi connectivity index (χ3n) is 5.11. The third kappa shape index (κ3) is 4.17. The molecule has 0 spiro atoms. The van der Waals surface area contributed by atoms with Gasteiger partial charge < -0.3 is 15.0 Å². The largest absolute Gasteiger partial charge is 0.497 e. The van der Waals surface area contributed by atoms with E-state index in [0.717, 1.165) is 43.2 Å². The first kappa shape index (κ1) is 18.3. The van der Waals surface area contributed by atoms with Crippen LogP contribution in [0.15, 0.2) is 48.5 Å². The Balaban J connectivity index is 1.55. The number of nitrogens with zero attached hydrogens (tertiary/aromatic N) is 2. The highest BCUT2D eigenvalue weighted by Crippen LogP contribution is 2.23. The molecule has 1 N–H and O–H groups in total. The average Bonchev–Trinajstić information content (AvgIpc) is 2.69. The van der Waals surface area contributed by atoms with Crippen LogP contribution in [0.5, 0.6) is 5.75 Å². The number of methoxy groups -OCH3 is 1. The summed E-state index contributed by atoms with van der Waals surface area (Å²) in [5, 5.41) is 3.02. The number of hydrogen-bond donors (Lipinski definition) is 1. The van der Waals surface area contributed by atoms with Gasteiger partial charge in [-0.1, -0.05) is 30.3 Å². The number of aryl methyl sites for hydroxylation is 1. The van der Waals surface area contributed by atoms with E-state index in [0.29, 0.717) is 6.04 Å². The molecule has 5 heteroatoms. The number of hydrogen-bond acceptors (Lipinski definition) is 3. The van der Waals surface area contributed by atoms with Crippen molar-refractivity contribution in [2.75, 3.05) is 38.6 Å². The standard InChI is InChI=1S/C21H27N3O2/c1-16-15-19(26-3)9-10-20(16)22-21(25)24-13-11-23(12-14-24)17(2)18-7-5-4-6-8-18/h4-10,15,17H,11-14H2,1-3H3,(H,22,25)/t17-/m1/s1. The van der Waals surface area contributed by atoms with Gasteiger partial charge in [0.1, 0.15) is 5.75 Å². The SMILES string of the molecule is COc1ccc(NC(=O)N2CCN([C@H](C)c3ccccc3)CC2)c(C)c1. The van der Waals surface area contributed by atoms with Crippen LogP contribution in [0.4, 0.5) is 10.5 Å². The number of carbonyl (C=O) groups is 1. The van der Waals surface area contributed by atoms with E-state index in [1.165, 1.54) is 5.56 Å². The van der Waals surface area contributed by atoms with Crippen molar-refractivity contribution in [1.29, 1.82) is 0 Å². The number of amides is 2. The van der Waals surface area contributed by atoms with Gasteiger partial charge in [-0.2, -0.15) is 0 Å². The lowest BCUT2D eigenvalue weighted by Gasteiger charge is -2.38. The number of ether oxygens (including phenoxy) is 1. The molecule has 1 aliphatic rings. The molecular formula is C21H27N3O2. The molecule has 0 aliphatic carbocycles. The van der Waals surface area contributed by atoms with Crippen LogP contribution in [0.2, 0.25) is 0 Å². The molecule has 0 radical (unpaired) electrons. The summed E-state index contributed by atoms with van der Waals surface area (Å²) >= 11 is 0. The zero-order chi connectivity index (χ0) is 18.5. The normalized spacial score (nSPS) is 16.2. The number of benzene rings is 2. The van der Waals surface area contributed by atoms with Crippen LogP contribution < -0.4 is 10.1 Å². The van der Waals surface area contributed by atoms with Crippen LogP contribution in [0.3, 0.4) is 0 Å². The maximum absolute atomic E-state index is 12.6. The zero-order valence-electron chi connectivity index (χ0n) is 15.7. The highest BCUT2D eigenvalue weighted by atomic mass is 16.5. The number of rotatable bonds is 4. The molecule has 2 amide bonds. The van der Waals surface area contributed by atoms with E-state index in [9.17, 15) is 4.79 Å². The summed E-state index contributed by atoms with van der Waals surface area (Å²) in [6.45, 7) is 7.43. The minimum atomic E-state index is -0.0368. The first-order chi connectivity index (χ1) is 12.6. The molecule has 26 heavy (non-hydrogen) atoms. The molecule has 1 saturated heterocycles. The Kier molecular flexibility index (Phi) is 5.78. The highest BCUT2D eigenvalue weighted by molar-refractivity contribution is 5.90. The van der Waals surface area contributed by atoms with Gasteiger partial charge in [0.25, 0.3) is 0 Å². The van der Waals surface area contributed by atoms with Gasteiger partial charge in [0, 0.05) is 37.9 Å². The number of nitrogens with one attached hydrogen (secondary N) is 1. The zero-order valence-corrected chi connectivity index (χ0v) is 15.7. The van der Waals surface area contributed by atoms with Crippen molar-refractivity contribution in [3.05, 3.63) is 59.7 Å². The molecule has 2 aromatic rings. The molecule has 0 unspecified atom stereocenters. The van der Waals surface area contributed by atoms with Crippen LogP contribution in [0.1, 0.15) is 24.1 Å². The number of piperazine rings is 1. The Morgan fingerprint density at radius 3 is 2.38 bits per heavy atom. The Hall–Kier alpha value is -2.53. The lowest BCUT2D eigenvalue weighted by molar-refractivity contribution is 0.119. The predicted molar refractivity (Wildman–Crippen MR) is 105 cm³/mol. The second-order valence-corrected chi connectivity index (χ2v) is 6.72. The van der Waals surface area contributed by atoms with Gasteiger partial charge in [-0.25, -0.2) is 4.79 Å². The van der Waals surface area contributed by atoms with Crippen molar-refractivity contribution >= 4 is 11.7 Å². The molecule has 0 saturated carbocycles. The lowest BCUT2D eigenvalue weighted by Crippen LogP contribution is -2.50. The third-order valence-corrected chi connectivity index (χ3v) is 5.11. The van der Waals surface area contributed by atoms with Crippen molar-refractivity contribution in [2.45, 2.75) is 19.9 Å². The topological polar surface area (TPSA) is 44.8 Å². The minimum absolute atomic E-state index is 0.0368. The van der Waals surface area contributed by atoms with Gasteiger partial charge in [0.05, 0.1) is 7.11 Å². The van der Waals surface area contributed by atoms with Gasteiger partial charge in [-0.05, 0) is 43.2 Å². The smallest absolute Gasteiger partial charge is 0.321 e. The first-order valence-electron chi connectivity index (χ1n) is 9.08. The summed E-state index contributed by atoms with van der Waals surface area (Å²) < 4.78 is 5.21. The van der Waals surface area contributed by atoms with E-state index in [1.807, 2.05) is 36.1 Å². The molecule has 2 aromatic carbocycles. The molecule has 1 heterocycles. The maximum atomic E-state index is 12.6. The van der Waals surface area contributed by atoms with Crippen LogP contribution in [-0.2, 0) is 0 Å². The second kappa shape index (κ2) is 8.23. The Labute approximate surface area is 155 Å². The van der Waals surface area contributed by atoms with Crippen LogP contribution in [0.25, 0.3) is 0 Å². The molecule has 0 aromatic heterocycles. The first-order valence-corrected chi connectivity index (χ1v) is 9.08. The van der Waals surface area contributed by atoms with Gasteiger partial charge >= 0.3 is 6.03 Å². The Bertz CT molecular complexity index is 740. The summed E-state index contributed by atoms with van der Waals surface area (Å²) in [7, 11) is 1.64. The molecular weight excluding hydrogens is 326 g/mol. The summed E-state index contributed by atoms with van der Waals surface area (Å²) in [6.07, 6.45) is 0. The monoisotopic (exact) mass is 353 g/mol. The van der Waals surface area contributed by atoms with Gasteiger partial charge in [0.15, 0.2) is 0 Å².